The first-order valence-electron chi connectivity index (χ1n) is 7.02. The third kappa shape index (κ3) is 4.49. The number of carbonyl (C=O) groups excluding carboxylic acids is 1. The summed E-state index contributed by atoms with van der Waals surface area (Å²) in [4.78, 5) is 25.3. The van der Waals surface area contributed by atoms with Gasteiger partial charge in [-0.25, -0.2) is 0 Å². The Balaban J connectivity index is 2.58. The quantitative estimate of drug-likeness (QED) is 0.794. The maximum absolute atomic E-state index is 12.2. The van der Waals surface area contributed by atoms with Gasteiger partial charge in [0.25, 0.3) is 0 Å². The SMILES string of the molecule is CC(NC(=O)C(C)(C)CN1CCCCC1C)C(=O)O. The number of piperidine rings is 1. The smallest absolute Gasteiger partial charge is 0.325 e. The van der Waals surface area contributed by atoms with Gasteiger partial charge in [0, 0.05) is 12.6 Å². The van der Waals surface area contributed by atoms with Crippen LogP contribution in [0.25, 0.3) is 0 Å². The van der Waals surface area contributed by atoms with E-state index in [9.17, 15) is 9.59 Å². The minimum Gasteiger partial charge on any atom is -0.480 e. The van der Waals surface area contributed by atoms with Crippen molar-refractivity contribution in [3.8, 4) is 0 Å². The van der Waals surface area contributed by atoms with E-state index in [0.29, 0.717) is 12.6 Å². The van der Waals surface area contributed by atoms with Crippen LogP contribution in [0, 0.1) is 5.41 Å². The Morgan fingerprint density at radius 3 is 2.58 bits per heavy atom. The second kappa shape index (κ2) is 6.37. The molecule has 0 spiro atoms. The summed E-state index contributed by atoms with van der Waals surface area (Å²) in [5.41, 5.74) is -0.574. The molecular weight excluding hydrogens is 244 g/mol. The van der Waals surface area contributed by atoms with Crippen molar-refractivity contribution < 1.29 is 14.7 Å². The molecule has 1 aliphatic rings. The predicted molar refractivity (Wildman–Crippen MR) is 73.9 cm³/mol. The fourth-order valence-electron chi connectivity index (χ4n) is 2.43. The highest BCUT2D eigenvalue weighted by Crippen LogP contribution is 2.24. The monoisotopic (exact) mass is 270 g/mol. The molecule has 1 fully saturated rings. The summed E-state index contributed by atoms with van der Waals surface area (Å²) < 4.78 is 0. The molecule has 2 unspecified atom stereocenters. The summed E-state index contributed by atoms with van der Waals surface area (Å²) in [5.74, 6) is -1.20. The number of amides is 1. The molecule has 1 rings (SSSR count). The maximum Gasteiger partial charge on any atom is 0.325 e. The van der Waals surface area contributed by atoms with Crippen molar-refractivity contribution >= 4 is 11.9 Å². The Kier molecular flexibility index (Phi) is 5.35. The van der Waals surface area contributed by atoms with Gasteiger partial charge in [-0.2, -0.15) is 0 Å². The van der Waals surface area contributed by atoms with Crippen LogP contribution < -0.4 is 5.32 Å². The lowest BCUT2D eigenvalue weighted by atomic mass is 9.89. The first kappa shape index (κ1) is 16.0. The van der Waals surface area contributed by atoms with E-state index >= 15 is 0 Å². The minimum absolute atomic E-state index is 0.194. The van der Waals surface area contributed by atoms with Crippen molar-refractivity contribution in [2.75, 3.05) is 13.1 Å². The number of carbonyl (C=O) groups is 2. The first-order valence-corrected chi connectivity index (χ1v) is 7.02. The van der Waals surface area contributed by atoms with Crippen LogP contribution in [-0.2, 0) is 9.59 Å². The first-order chi connectivity index (χ1) is 8.74. The van der Waals surface area contributed by atoms with Crippen molar-refractivity contribution in [3.63, 3.8) is 0 Å². The average Bonchev–Trinajstić information content (AvgIpc) is 2.31. The standard InChI is InChI=1S/C14H26N2O3/c1-10-7-5-6-8-16(10)9-14(3,4)13(19)15-11(2)12(17)18/h10-11H,5-9H2,1-4H3,(H,15,19)(H,17,18). The van der Waals surface area contributed by atoms with E-state index < -0.39 is 17.4 Å². The van der Waals surface area contributed by atoms with E-state index in [1.807, 2.05) is 13.8 Å². The highest BCUT2D eigenvalue weighted by atomic mass is 16.4. The van der Waals surface area contributed by atoms with Crippen LogP contribution in [0.5, 0.6) is 0 Å². The summed E-state index contributed by atoms with van der Waals surface area (Å²) in [5, 5.41) is 11.4. The van der Waals surface area contributed by atoms with Crippen LogP contribution >= 0.6 is 0 Å². The Hall–Kier alpha value is -1.10. The summed E-state index contributed by atoms with van der Waals surface area (Å²) >= 11 is 0. The summed E-state index contributed by atoms with van der Waals surface area (Å²) in [6, 6.07) is -0.344. The number of nitrogens with zero attached hydrogens (tertiary/aromatic N) is 1. The van der Waals surface area contributed by atoms with Gasteiger partial charge in [-0.3, -0.25) is 14.5 Å². The Labute approximate surface area is 115 Å². The zero-order valence-corrected chi connectivity index (χ0v) is 12.4. The number of carboxylic acid groups (broad SMARTS) is 1. The van der Waals surface area contributed by atoms with Crippen LogP contribution in [0.4, 0.5) is 0 Å². The molecule has 1 heterocycles. The van der Waals surface area contributed by atoms with E-state index in [4.69, 9.17) is 5.11 Å². The molecule has 1 amide bonds. The van der Waals surface area contributed by atoms with Crippen LogP contribution in [0.1, 0.15) is 47.0 Å². The number of likely N-dealkylation sites (tertiary alicyclic amines) is 1. The molecule has 5 heteroatoms. The molecule has 0 radical (unpaired) electrons. The lowest BCUT2D eigenvalue weighted by Crippen LogP contribution is -2.51. The van der Waals surface area contributed by atoms with E-state index in [-0.39, 0.29) is 5.91 Å². The molecule has 2 atom stereocenters. The number of hydrogen-bond donors (Lipinski definition) is 2. The number of nitrogens with one attached hydrogen (secondary N) is 1. The minimum atomic E-state index is -1.00. The normalized spacial score (nSPS) is 22.8. The number of carboxylic acids is 1. The van der Waals surface area contributed by atoms with Crippen LogP contribution in [0.3, 0.4) is 0 Å². The molecule has 5 nitrogen and oxygen atoms in total. The van der Waals surface area contributed by atoms with Gasteiger partial charge in [-0.15, -0.1) is 0 Å². The molecule has 1 saturated heterocycles. The molecule has 2 N–H and O–H groups in total. The molecule has 0 aromatic rings. The number of aliphatic carboxylic acids is 1. The average molecular weight is 270 g/mol. The fourth-order valence-corrected chi connectivity index (χ4v) is 2.43. The van der Waals surface area contributed by atoms with Crippen molar-refractivity contribution in [1.82, 2.24) is 10.2 Å². The van der Waals surface area contributed by atoms with Crippen LogP contribution in [0.15, 0.2) is 0 Å². The van der Waals surface area contributed by atoms with Gasteiger partial charge in [0.05, 0.1) is 5.41 Å². The number of hydrogen-bond acceptors (Lipinski definition) is 3. The zero-order chi connectivity index (χ0) is 14.6. The lowest BCUT2D eigenvalue weighted by molar-refractivity contribution is -0.143. The largest absolute Gasteiger partial charge is 0.480 e. The molecule has 1 aliphatic heterocycles. The van der Waals surface area contributed by atoms with E-state index in [2.05, 4.69) is 17.1 Å². The van der Waals surface area contributed by atoms with Gasteiger partial charge in [-0.05, 0) is 47.1 Å². The molecule has 0 saturated carbocycles. The van der Waals surface area contributed by atoms with Crippen molar-refractivity contribution in [2.45, 2.75) is 59.0 Å². The van der Waals surface area contributed by atoms with Gasteiger partial charge in [0.1, 0.15) is 6.04 Å². The molecular formula is C14H26N2O3. The lowest BCUT2D eigenvalue weighted by Gasteiger charge is -2.38. The van der Waals surface area contributed by atoms with E-state index in [1.54, 1.807) is 0 Å². The highest BCUT2D eigenvalue weighted by Gasteiger charge is 2.33. The summed E-state index contributed by atoms with van der Waals surface area (Å²) in [6.45, 7) is 9.11. The third-order valence-electron chi connectivity index (χ3n) is 3.87. The third-order valence-corrected chi connectivity index (χ3v) is 3.87. The Morgan fingerprint density at radius 2 is 2.05 bits per heavy atom. The van der Waals surface area contributed by atoms with Gasteiger partial charge >= 0.3 is 5.97 Å². The van der Waals surface area contributed by atoms with E-state index in [1.165, 1.54) is 26.2 Å². The summed E-state index contributed by atoms with van der Waals surface area (Å²) in [7, 11) is 0. The molecule has 19 heavy (non-hydrogen) atoms. The predicted octanol–water partition coefficient (Wildman–Crippen LogP) is 1.48. The Morgan fingerprint density at radius 1 is 1.42 bits per heavy atom. The van der Waals surface area contributed by atoms with Gasteiger partial charge < -0.3 is 10.4 Å². The molecule has 0 aliphatic carbocycles. The fraction of sp³-hybridized carbons (Fsp3) is 0.857. The second-order valence-corrected chi connectivity index (χ2v) is 6.23. The van der Waals surface area contributed by atoms with E-state index in [0.717, 1.165) is 6.54 Å². The second-order valence-electron chi connectivity index (χ2n) is 6.23. The maximum atomic E-state index is 12.2. The van der Waals surface area contributed by atoms with Crippen molar-refractivity contribution in [2.24, 2.45) is 5.41 Å². The molecule has 110 valence electrons. The van der Waals surface area contributed by atoms with Crippen molar-refractivity contribution in [1.29, 1.82) is 0 Å². The molecule has 0 aromatic carbocycles. The van der Waals surface area contributed by atoms with Gasteiger partial charge in [-0.1, -0.05) is 6.42 Å². The van der Waals surface area contributed by atoms with Crippen LogP contribution in [-0.4, -0.2) is 47.1 Å². The zero-order valence-electron chi connectivity index (χ0n) is 12.4. The van der Waals surface area contributed by atoms with Crippen LogP contribution in [0.2, 0.25) is 0 Å². The van der Waals surface area contributed by atoms with Gasteiger partial charge in [0.15, 0.2) is 0 Å². The topological polar surface area (TPSA) is 69.6 Å². The Bertz CT molecular complexity index is 342. The molecule has 0 bridgehead atoms. The van der Waals surface area contributed by atoms with Gasteiger partial charge in [0.2, 0.25) is 5.91 Å². The van der Waals surface area contributed by atoms with Crippen molar-refractivity contribution in [3.05, 3.63) is 0 Å². The number of rotatable bonds is 5. The highest BCUT2D eigenvalue weighted by molar-refractivity contribution is 5.86. The summed E-state index contributed by atoms with van der Waals surface area (Å²) in [6.07, 6.45) is 3.59. The molecule has 0 aromatic heterocycles.